The van der Waals surface area contributed by atoms with Crippen molar-refractivity contribution in [1.29, 1.82) is 0 Å². The molecule has 0 aromatic heterocycles. The Morgan fingerprint density at radius 1 is 0.500 bits per heavy atom. The van der Waals surface area contributed by atoms with Gasteiger partial charge in [0.2, 0.25) is 0 Å². The van der Waals surface area contributed by atoms with Gasteiger partial charge in [-0.25, -0.2) is 0 Å². The molecular formula is C30H61. The molecule has 0 heteroatoms. The molecule has 0 nitrogen and oxygen atoms in total. The van der Waals surface area contributed by atoms with Gasteiger partial charge >= 0.3 is 0 Å². The van der Waals surface area contributed by atoms with Crippen LogP contribution >= 0.6 is 0 Å². The lowest BCUT2D eigenvalue weighted by molar-refractivity contribution is 0.104. The van der Waals surface area contributed by atoms with Gasteiger partial charge in [-0.2, -0.15) is 0 Å². The van der Waals surface area contributed by atoms with Crippen molar-refractivity contribution in [2.45, 2.75) is 176 Å². The Hall–Kier alpha value is 0. The summed E-state index contributed by atoms with van der Waals surface area (Å²) >= 11 is 0. The average molecular weight is 422 g/mol. The molecule has 0 aliphatic carbocycles. The van der Waals surface area contributed by atoms with Gasteiger partial charge in [0.25, 0.3) is 0 Å². The van der Waals surface area contributed by atoms with Gasteiger partial charge in [-0.05, 0) is 49.4 Å². The minimum absolute atomic E-state index is 0.550. The zero-order chi connectivity index (χ0) is 22.5. The summed E-state index contributed by atoms with van der Waals surface area (Å²) in [4.78, 5) is 0. The van der Waals surface area contributed by atoms with Gasteiger partial charge in [-0.3, -0.25) is 0 Å². The molecule has 1 radical (unpaired) electrons. The molecule has 0 saturated carbocycles. The standard InChI is InChI=1S/C30H61/c1-7-13-18-23-28(12-6)30(26-21-16-10-4,27-22-17-11-5)29(24-19-14-8-2)25-20-15-9-3/h28H,7-27H2,1-6H3. The van der Waals surface area contributed by atoms with Crippen LogP contribution in [0.25, 0.3) is 0 Å². The van der Waals surface area contributed by atoms with Crippen LogP contribution in [0, 0.1) is 17.3 Å². The second-order valence-electron chi connectivity index (χ2n) is 10.2. The number of hydrogen-bond acceptors (Lipinski definition) is 0. The first-order valence-electron chi connectivity index (χ1n) is 14.5. The zero-order valence-corrected chi connectivity index (χ0v) is 22.4. The van der Waals surface area contributed by atoms with Gasteiger partial charge in [-0.1, -0.05) is 144 Å². The molecular weight excluding hydrogens is 360 g/mol. The van der Waals surface area contributed by atoms with Crippen LogP contribution in [0.15, 0.2) is 0 Å². The van der Waals surface area contributed by atoms with Crippen molar-refractivity contribution in [2.24, 2.45) is 11.3 Å². The number of unbranched alkanes of at least 4 members (excludes halogenated alkanes) is 10. The van der Waals surface area contributed by atoms with E-state index >= 15 is 0 Å². The van der Waals surface area contributed by atoms with Gasteiger partial charge in [0, 0.05) is 0 Å². The Bertz CT molecular complexity index is 311. The number of rotatable bonds is 23. The third-order valence-electron chi connectivity index (χ3n) is 7.75. The molecule has 0 rings (SSSR count). The monoisotopic (exact) mass is 421 g/mol. The minimum atomic E-state index is 0.550. The summed E-state index contributed by atoms with van der Waals surface area (Å²) < 4.78 is 0. The molecule has 0 saturated heterocycles. The first kappa shape index (κ1) is 30.0. The van der Waals surface area contributed by atoms with E-state index in [0.717, 1.165) is 5.92 Å². The molecule has 0 fully saturated rings. The molecule has 0 aliphatic heterocycles. The maximum absolute atomic E-state index is 2.51. The van der Waals surface area contributed by atoms with E-state index in [-0.39, 0.29) is 0 Å². The van der Waals surface area contributed by atoms with Gasteiger partial charge in [0.05, 0.1) is 0 Å². The van der Waals surface area contributed by atoms with Crippen LogP contribution in [-0.4, -0.2) is 0 Å². The van der Waals surface area contributed by atoms with E-state index < -0.39 is 0 Å². The zero-order valence-electron chi connectivity index (χ0n) is 22.4. The summed E-state index contributed by atoms with van der Waals surface area (Å²) in [5.41, 5.74) is 0.550. The Morgan fingerprint density at radius 2 is 0.900 bits per heavy atom. The van der Waals surface area contributed by atoms with Crippen molar-refractivity contribution in [3.8, 4) is 0 Å². The fourth-order valence-corrected chi connectivity index (χ4v) is 5.87. The third-order valence-corrected chi connectivity index (χ3v) is 7.75. The Balaban J connectivity index is 5.80. The highest BCUT2D eigenvalue weighted by molar-refractivity contribution is 5.09. The van der Waals surface area contributed by atoms with Crippen molar-refractivity contribution in [2.75, 3.05) is 0 Å². The van der Waals surface area contributed by atoms with E-state index in [9.17, 15) is 0 Å². The van der Waals surface area contributed by atoms with Crippen LogP contribution in [0.4, 0.5) is 0 Å². The normalized spacial score (nSPS) is 13.3. The van der Waals surface area contributed by atoms with Crippen LogP contribution in [-0.2, 0) is 0 Å². The molecule has 1 atom stereocenters. The summed E-state index contributed by atoms with van der Waals surface area (Å²) in [7, 11) is 0. The van der Waals surface area contributed by atoms with E-state index in [4.69, 9.17) is 0 Å². The average Bonchev–Trinajstić information content (AvgIpc) is 2.75. The van der Waals surface area contributed by atoms with Crippen LogP contribution < -0.4 is 0 Å². The lowest BCUT2D eigenvalue weighted by Gasteiger charge is -2.48. The highest BCUT2D eigenvalue weighted by Gasteiger charge is 2.42. The maximum Gasteiger partial charge on any atom is -0.0176 e. The van der Waals surface area contributed by atoms with E-state index in [1.165, 1.54) is 135 Å². The highest BCUT2D eigenvalue weighted by atomic mass is 14.5. The summed E-state index contributed by atoms with van der Waals surface area (Å²) in [5, 5.41) is 0. The third kappa shape index (κ3) is 12.1. The molecule has 0 bridgehead atoms. The molecule has 181 valence electrons. The van der Waals surface area contributed by atoms with E-state index in [1.54, 1.807) is 0 Å². The van der Waals surface area contributed by atoms with Gasteiger partial charge in [0.1, 0.15) is 0 Å². The molecule has 0 N–H and O–H groups in total. The second-order valence-corrected chi connectivity index (χ2v) is 10.2. The molecule has 30 heavy (non-hydrogen) atoms. The summed E-state index contributed by atoms with van der Waals surface area (Å²) in [6, 6.07) is 0. The lowest BCUT2D eigenvalue weighted by atomic mass is 9.57. The Morgan fingerprint density at radius 3 is 1.30 bits per heavy atom. The molecule has 0 heterocycles. The van der Waals surface area contributed by atoms with E-state index in [1.807, 2.05) is 5.92 Å². The first-order valence-corrected chi connectivity index (χ1v) is 14.5. The van der Waals surface area contributed by atoms with Crippen LogP contribution in [0.5, 0.6) is 0 Å². The van der Waals surface area contributed by atoms with Crippen LogP contribution in [0.2, 0.25) is 0 Å². The fourth-order valence-electron chi connectivity index (χ4n) is 5.87. The molecule has 0 aromatic carbocycles. The van der Waals surface area contributed by atoms with Crippen molar-refractivity contribution in [1.82, 2.24) is 0 Å². The first-order chi connectivity index (χ1) is 14.7. The van der Waals surface area contributed by atoms with Gasteiger partial charge in [0.15, 0.2) is 0 Å². The molecule has 1 unspecified atom stereocenters. The predicted molar refractivity (Wildman–Crippen MR) is 140 cm³/mol. The van der Waals surface area contributed by atoms with Gasteiger partial charge in [-0.15, -0.1) is 0 Å². The summed E-state index contributed by atoms with van der Waals surface area (Å²) in [6.45, 7) is 14.4. The molecule has 0 aliphatic rings. The van der Waals surface area contributed by atoms with E-state index in [0.29, 0.717) is 5.41 Å². The largest absolute Gasteiger partial charge is 0.0654 e. The molecule has 0 spiro atoms. The summed E-state index contributed by atoms with van der Waals surface area (Å²) in [6.07, 6.45) is 29.9. The smallest absolute Gasteiger partial charge is 0.0176 e. The maximum atomic E-state index is 2.51. The van der Waals surface area contributed by atoms with Crippen molar-refractivity contribution in [3.63, 3.8) is 0 Å². The predicted octanol–water partition coefficient (Wildman–Crippen LogP) is 11.5. The van der Waals surface area contributed by atoms with Crippen molar-refractivity contribution >= 4 is 0 Å². The second kappa shape index (κ2) is 20.9. The van der Waals surface area contributed by atoms with Crippen LogP contribution in [0.1, 0.15) is 176 Å². The quantitative estimate of drug-likeness (QED) is 0.144. The Kier molecular flexibility index (Phi) is 20.9. The highest BCUT2D eigenvalue weighted by Crippen LogP contribution is 2.53. The van der Waals surface area contributed by atoms with Crippen molar-refractivity contribution < 1.29 is 0 Å². The molecule has 0 amide bonds. The lowest BCUT2D eigenvalue weighted by Crippen LogP contribution is -2.37. The van der Waals surface area contributed by atoms with Gasteiger partial charge < -0.3 is 0 Å². The van der Waals surface area contributed by atoms with Crippen molar-refractivity contribution in [3.05, 3.63) is 5.92 Å². The Labute approximate surface area is 193 Å². The fraction of sp³-hybridized carbons (Fsp3) is 0.967. The minimum Gasteiger partial charge on any atom is -0.0654 e. The van der Waals surface area contributed by atoms with E-state index in [2.05, 4.69) is 41.5 Å². The summed E-state index contributed by atoms with van der Waals surface area (Å²) in [5.74, 6) is 2.95. The van der Waals surface area contributed by atoms with Crippen LogP contribution in [0.3, 0.4) is 0 Å². The topological polar surface area (TPSA) is 0 Å². The SMILES string of the molecule is CCCCC[C](CCCCC)C(CCCCC)(CCCCC)C(CC)CCCCC. The molecule has 0 aromatic rings. The number of hydrogen-bond donors (Lipinski definition) is 0.